The van der Waals surface area contributed by atoms with E-state index in [0.717, 1.165) is 19.4 Å². The molecule has 110 valence electrons. The molecule has 21 heavy (non-hydrogen) atoms. The number of aryl methyl sites for hydroxylation is 1. The fourth-order valence-corrected chi connectivity index (χ4v) is 2.60. The molecule has 0 saturated carbocycles. The van der Waals surface area contributed by atoms with Crippen LogP contribution < -0.4 is 10.6 Å². The highest BCUT2D eigenvalue weighted by molar-refractivity contribution is 9.10. The molecule has 0 aliphatic carbocycles. The van der Waals surface area contributed by atoms with Crippen LogP contribution in [0.1, 0.15) is 41.1 Å². The van der Waals surface area contributed by atoms with Crippen LogP contribution in [-0.4, -0.2) is 27.6 Å². The second-order valence-electron chi connectivity index (χ2n) is 4.83. The van der Waals surface area contributed by atoms with Gasteiger partial charge in [-0.05, 0) is 54.4 Å². The fourth-order valence-electron chi connectivity index (χ4n) is 2.21. The summed E-state index contributed by atoms with van der Waals surface area (Å²) in [4.78, 5) is 20.5. The first-order valence-electron chi connectivity index (χ1n) is 6.65. The molecule has 3 rings (SSSR count). The Hall–Kier alpha value is -1.80. The van der Waals surface area contributed by atoms with Crippen molar-refractivity contribution >= 4 is 27.5 Å². The van der Waals surface area contributed by atoms with Gasteiger partial charge < -0.3 is 15.2 Å². The monoisotopic (exact) mass is 351 g/mol. The number of amides is 1. The van der Waals surface area contributed by atoms with Crippen molar-refractivity contribution in [1.82, 2.24) is 20.4 Å². The van der Waals surface area contributed by atoms with E-state index in [1.54, 1.807) is 12.1 Å². The average molecular weight is 352 g/mol. The lowest BCUT2D eigenvalue weighted by Gasteiger charge is -2.05. The Balaban J connectivity index is 1.73. The molecule has 7 nitrogen and oxygen atoms in total. The van der Waals surface area contributed by atoms with E-state index in [1.807, 2.05) is 6.92 Å². The number of anilines is 1. The van der Waals surface area contributed by atoms with Crippen molar-refractivity contribution in [2.24, 2.45) is 0 Å². The minimum Gasteiger partial charge on any atom is -0.337 e. The summed E-state index contributed by atoms with van der Waals surface area (Å²) in [5.41, 5.74) is 1.33. The van der Waals surface area contributed by atoms with Crippen molar-refractivity contribution in [3.63, 3.8) is 0 Å². The van der Waals surface area contributed by atoms with Crippen LogP contribution >= 0.6 is 15.9 Å². The van der Waals surface area contributed by atoms with E-state index in [9.17, 15) is 4.79 Å². The summed E-state index contributed by atoms with van der Waals surface area (Å²) in [6, 6.07) is 3.58. The van der Waals surface area contributed by atoms with Crippen LogP contribution in [0.5, 0.6) is 0 Å². The molecule has 0 aromatic carbocycles. The number of pyridine rings is 1. The van der Waals surface area contributed by atoms with Gasteiger partial charge in [0.05, 0.1) is 17.4 Å². The van der Waals surface area contributed by atoms with Gasteiger partial charge in [-0.25, -0.2) is 4.98 Å². The normalized spacial score (nSPS) is 17.9. The Kier molecular flexibility index (Phi) is 3.98. The minimum atomic E-state index is -0.407. The molecule has 1 aliphatic heterocycles. The third-order valence-electron chi connectivity index (χ3n) is 3.30. The van der Waals surface area contributed by atoms with Crippen LogP contribution in [0.25, 0.3) is 0 Å². The van der Waals surface area contributed by atoms with E-state index in [-0.39, 0.29) is 11.9 Å². The Bertz CT molecular complexity index is 666. The van der Waals surface area contributed by atoms with E-state index < -0.39 is 5.91 Å². The molecule has 0 spiro atoms. The Labute approximate surface area is 129 Å². The second kappa shape index (κ2) is 5.90. The highest BCUT2D eigenvalue weighted by Crippen LogP contribution is 2.21. The Morgan fingerprint density at radius 3 is 3.05 bits per heavy atom. The number of nitrogens with zero attached hydrogens (tertiary/aromatic N) is 3. The van der Waals surface area contributed by atoms with Crippen LogP contribution in [0, 0.1) is 6.92 Å². The number of halogens is 1. The van der Waals surface area contributed by atoms with E-state index >= 15 is 0 Å². The van der Waals surface area contributed by atoms with Gasteiger partial charge in [0, 0.05) is 0 Å². The molecular weight excluding hydrogens is 338 g/mol. The van der Waals surface area contributed by atoms with Crippen LogP contribution in [0.4, 0.5) is 5.69 Å². The standard InChI is InChI=1S/C13H14BrN5O2/c1-7-8(4-5-10(14)16-7)17-12(20)11-18-13(21-19-11)9-3-2-6-15-9/h4-5,9,15H,2-3,6H2,1H3,(H,17,20). The minimum absolute atomic E-state index is 0.0287. The number of hydrogen-bond donors (Lipinski definition) is 2. The Morgan fingerprint density at radius 1 is 1.48 bits per heavy atom. The second-order valence-corrected chi connectivity index (χ2v) is 5.64. The zero-order valence-corrected chi connectivity index (χ0v) is 13.0. The van der Waals surface area contributed by atoms with Gasteiger partial charge in [0.15, 0.2) is 0 Å². The summed E-state index contributed by atoms with van der Waals surface area (Å²) in [7, 11) is 0. The van der Waals surface area contributed by atoms with Gasteiger partial charge in [0.2, 0.25) is 5.89 Å². The predicted octanol–water partition coefficient (Wildman–Crippen LogP) is 2.21. The van der Waals surface area contributed by atoms with Crippen LogP contribution in [0.15, 0.2) is 21.3 Å². The molecule has 0 bridgehead atoms. The molecule has 1 aliphatic rings. The lowest BCUT2D eigenvalue weighted by Crippen LogP contribution is -2.16. The van der Waals surface area contributed by atoms with Gasteiger partial charge in [-0.1, -0.05) is 5.16 Å². The van der Waals surface area contributed by atoms with Gasteiger partial charge in [0.1, 0.15) is 4.60 Å². The van der Waals surface area contributed by atoms with E-state index in [1.165, 1.54) is 0 Å². The molecule has 1 fully saturated rings. The maximum absolute atomic E-state index is 12.1. The number of rotatable bonds is 3. The number of aromatic nitrogens is 3. The summed E-state index contributed by atoms with van der Waals surface area (Å²) in [5, 5.41) is 9.71. The third-order valence-corrected chi connectivity index (χ3v) is 3.74. The zero-order chi connectivity index (χ0) is 14.8. The first-order valence-corrected chi connectivity index (χ1v) is 7.44. The molecule has 1 amide bonds. The van der Waals surface area contributed by atoms with Gasteiger partial charge in [-0.3, -0.25) is 4.79 Å². The van der Waals surface area contributed by atoms with Crippen molar-refractivity contribution in [3.8, 4) is 0 Å². The molecule has 1 saturated heterocycles. The summed E-state index contributed by atoms with van der Waals surface area (Å²) in [5.74, 6) is 0.0829. The van der Waals surface area contributed by atoms with Crippen molar-refractivity contribution in [2.75, 3.05) is 11.9 Å². The molecule has 8 heteroatoms. The van der Waals surface area contributed by atoms with E-state index in [2.05, 4.69) is 41.7 Å². The maximum atomic E-state index is 12.1. The molecule has 0 radical (unpaired) electrons. The molecule has 2 N–H and O–H groups in total. The van der Waals surface area contributed by atoms with Crippen molar-refractivity contribution in [1.29, 1.82) is 0 Å². The van der Waals surface area contributed by atoms with Gasteiger partial charge in [0.25, 0.3) is 11.7 Å². The fraction of sp³-hybridized carbons (Fsp3) is 0.385. The van der Waals surface area contributed by atoms with Crippen molar-refractivity contribution in [2.45, 2.75) is 25.8 Å². The topological polar surface area (TPSA) is 92.9 Å². The first kappa shape index (κ1) is 14.2. The number of carbonyl (C=O) groups is 1. The first-order chi connectivity index (χ1) is 10.1. The molecular formula is C13H14BrN5O2. The highest BCUT2D eigenvalue weighted by Gasteiger charge is 2.24. The van der Waals surface area contributed by atoms with E-state index in [0.29, 0.717) is 21.9 Å². The smallest absolute Gasteiger partial charge is 0.297 e. The van der Waals surface area contributed by atoms with Crippen LogP contribution in [-0.2, 0) is 0 Å². The predicted molar refractivity (Wildman–Crippen MR) is 78.9 cm³/mol. The van der Waals surface area contributed by atoms with E-state index in [4.69, 9.17) is 4.52 Å². The number of carbonyl (C=O) groups excluding carboxylic acids is 1. The van der Waals surface area contributed by atoms with Gasteiger partial charge >= 0.3 is 0 Å². The average Bonchev–Trinajstić information content (AvgIpc) is 3.10. The lowest BCUT2D eigenvalue weighted by molar-refractivity contribution is 0.101. The summed E-state index contributed by atoms with van der Waals surface area (Å²) in [6.45, 7) is 2.74. The molecule has 3 heterocycles. The lowest BCUT2D eigenvalue weighted by atomic mass is 10.2. The highest BCUT2D eigenvalue weighted by atomic mass is 79.9. The van der Waals surface area contributed by atoms with Crippen LogP contribution in [0.3, 0.4) is 0 Å². The molecule has 1 unspecified atom stereocenters. The molecule has 2 aromatic heterocycles. The van der Waals surface area contributed by atoms with Gasteiger partial charge in [-0.2, -0.15) is 4.98 Å². The summed E-state index contributed by atoms with van der Waals surface area (Å²) in [6.07, 6.45) is 2.01. The largest absolute Gasteiger partial charge is 0.337 e. The van der Waals surface area contributed by atoms with Crippen molar-refractivity contribution in [3.05, 3.63) is 34.1 Å². The summed E-state index contributed by atoms with van der Waals surface area (Å²) >= 11 is 3.28. The third kappa shape index (κ3) is 3.11. The number of hydrogen-bond acceptors (Lipinski definition) is 6. The number of nitrogens with one attached hydrogen (secondary N) is 2. The molecule has 2 aromatic rings. The van der Waals surface area contributed by atoms with Crippen LogP contribution in [0.2, 0.25) is 0 Å². The Morgan fingerprint density at radius 2 is 2.33 bits per heavy atom. The zero-order valence-electron chi connectivity index (χ0n) is 11.4. The van der Waals surface area contributed by atoms with Crippen molar-refractivity contribution < 1.29 is 9.32 Å². The summed E-state index contributed by atoms with van der Waals surface area (Å²) < 4.78 is 5.86. The SMILES string of the molecule is Cc1nc(Br)ccc1NC(=O)c1noc(C2CCCN2)n1. The molecule has 1 atom stereocenters. The maximum Gasteiger partial charge on any atom is 0.297 e. The van der Waals surface area contributed by atoms with Gasteiger partial charge in [-0.15, -0.1) is 0 Å². The quantitative estimate of drug-likeness (QED) is 0.823.